The van der Waals surface area contributed by atoms with Gasteiger partial charge in [0.15, 0.2) is 0 Å². The maximum Gasteiger partial charge on any atom is 0.337 e. The van der Waals surface area contributed by atoms with Crippen LogP contribution in [-0.2, 0) is 9.53 Å². The van der Waals surface area contributed by atoms with Crippen molar-refractivity contribution in [3.05, 3.63) is 27.3 Å². The molecule has 0 saturated heterocycles. The number of anilines is 1. The van der Waals surface area contributed by atoms with Crippen LogP contribution in [0.15, 0.2) is 18.2 Å². The molecule has 1 aromatic carbocycles. The smallest absolute Gasteiger partial charge is 0.337 e. The Morgan fingerprint density at radius 1 is 1.47 bits per heavy atom. The van der Waals surface area contributed by atoms with Crippen LogP contribution in [0.2, 0.25) is 0 Å². The first kappa shape index (κ1) is 13.9. The molecule has 0 aliphatic rings. The predicted molar refractivity (Wildman–Crippen MR) is 71.2 cm³/mol. The molecule has 0 fully saturated rings. The molecule has 92 valence electrons. The lowest BCUT2D eigenvalue weighted by Gasteiger charge is -2.08. The van der Waals surface area contributed by atoms with E-state index < -0.39 is 5.97 Å². The molecule has 0 radical (unpaired) electrons. The summed E-state index contributed by atoms with van der Waals surface area (Å²) < 4.78 is 5.72. The Morgan fingerprint density at radius 3 is 2.76 bits per heavy atom. The zero-order valence-corrected chi connectivity index (χ0v) is 11.4. The SMILES string of the molecule is CCOCC(=O)Nc1ccc(I)cc1C(=O)O. The molecule has 1 aromatic rings. The van der Waals surface area contributed by atoms with E-state index in [0.29, 0.717) is 6.61 Å². The lowest BCUT2D eigenvalue weighted by molar-refractivity contribution is -0.120. The molecule has 0 atom stereocenters. The van der Waals surface area contributed by atoms with Gasteiger partial charge in [-0.25, -0.2) is 4.79 Å². The zero-order valence-electron chi connectivity index (χ0n) is 9.20. The third kappa shape index (κ3) is 4.31. The van der Waals surface area contributed by atoms with E-state index in [0.717, 1.165) is 3.57 Å². The summed E-state index contributed by atoms with van der Waals surface area (Å²) in [4.78, 5) is 22.4. The highest BCUT2D eigenvalue weighted by atomic mass is 127. The topological polar surface area (TPSA) is 75.6 Å². The molecule has 0 unspecified atom stereocenters. The number of carbonyl (C=O) groups excluding carboxylic acids is 1. The maximum absolute atomic E-state index is 11.4. The van der Waals surface area contributed by atoms with Crippen LogP contribution in [0.3, 0.4) is 0 Å². The summed E-state index contributed by atoms with van der Waals surface area (Å²) in [6.45, 7) is 2.13. The molecule has 2 N–H and O–H groups in total. The monoisotopic (exact) mass is 349 g/mol. The predicted octanol–water partition coefficient (Wildman–Crippen LogP) is 1.96. The molecule has 1 amide bonds. The Hall–Kier alpha value is -1.15. The number of ether oxygens (including phenoxy) is 1. The number of rotatable bonds is 5. The van der Waals surface area contributed by atoms with Crippen LogP contribution < -0.4 is 5.32 Å². The molecule has 0 aromatic heterocycles. The van der Waals surface area contributed by atoms with E-state index in [1.54, 1.807) is 19.1 Å². The van der Waals surface area contributed by atoms with Gasteiger partial charge < -0.3 is 15.2 Å². The minimum atomic E-state index is -1.07. The third-order valence-corrected chi connectivity index (χ3v) is 2.59. The number of halogens is 1. The van der Waals surface area contributed by atoms with Crippen LogP contribution in [0.1, 0.15) is 17.3 Å². The molecule has 0 bridgehead atoms. The summed E-state index contributed by atoms with van der Waals surface area (Å²) in [6.07, 6.45) is 0. The van der Waals surface area contributed by atoms with Crippen LogP contribution in [0.4, 0.5) is 5.69 Å². The zero-order chi connectivity index (χ0) is 12.8. The standard InChI is InChI=1S/C11H12INO4/c1-2-17-6-10(14)13-9-4-3-7(12)5-8(9)11(15)16/h3-5H,2,6H2,1H3,(H,13,14)(H,15,16). The second-order valence-corrected chi connectivity index (χ2v) is 4.43. The van der Waals surface area contributed by atoms with Gasteiger partial charge in [-0.2, -0.15) is 0 Å². The van der Waals surface area contributed by atoms with E-state index in [2.05, 4.69) is 5.32 Å². The summed E-state index contributed by atoms with van der Waals surface area (Å²) in [7, 11) is 0. The molecule has 0 aliphatic heterocycles. The first-order valence-corrected chi connectivity index (χ1v) is 6.03. The van der Waals surface area contributed by atoms with Crippen molar-refractivity contribution in [3.8, 4) is 0 Å². The molecule has 1 rings (SSSR count). The Bertz CT molecular complexity index is 433. The summed E-state index contributed by atoms with van der Waals surface area (Å²) in [5.74, 6) is -1.44. The van der Waals surface area contributed by atoms with Gasteiger partial charge in [-0.3, -0.25) is 4.79 Å². The van der Waals surface area contributed by atoms with E-state index in [1.165, 1.54) is 6.07 Å². The highest BCUT2D eigenvalue weighted by Gasteiger charge is 2.12. The number of benzene rings is 1. The summed E-state index contributed by atoms with van der Waals surface area (Å²) in [5, 5.41) is 11.5. The van der Waals surface area contributed by atoms with Crippen molar-refractivity contribution < 1.29 is 19.4 Å². The fourth-order valence-electron chi connectivity index (χ4n) is 1.18. The Morgan fingerprint density at radius 2 is 2.18 bits per heavy atom. The summed E-state index contributed by atoms with van der Waals surface area (Å²) >= 11 is 2.01. The summed E-state index contributed by atoms with van der Waals surface area (Å²) in [5.41, 5.74) is 0.351. The van der Waals surface area contributed by atoms with Crippen molar-refractivity contribution in [1.29, 1.82) is 0 Å². The molecule has 0 spiro atoms. The fraction of sp³-hybridized carbons (Fsp3) is 0.273. The number of carboxylic acids is 1. The van der Waals surface area contributed by atoms with Crippen LogP contribution in [0.5, 0.6) is 0 Å². The number of hydrogen-bond donors (Lipinski definition) is 2. The van der Waals surface area contributed by atoms with E-state index >= 15 is 0 Å². The van der Waals surface area contributed by atoms with Crippen LogP contribution in [-0.4, -0.2) is 30.2 Å². The number of carbonyl (C=O) groups is 2. The van der Waals surface area contributed by atoms with E-state index in [1.807, 2.05) is 22.6 Å². The number of aromatic carboxylic acids is 1. The van der Waals surface area contributed by atoms with Crippen molar-refractivity contribution in [2.75, 3.05) is 18.5 Å². The number of carboxylic acid groups (broad SMARTS) is 1. The maximum atomic E-state index is 11.4. The number of hydrogen-bond acceptors (Lipinski definition) is 3. The molecular weight excluding hydrogens is 337 g/mol. The quantitative estimate of drug-likeness (QED) is 0.797. The number of amides is 1. The highest BCUT2D eigenvalue weighted by molar-refractivity contribution is 14.1. The van der Waals surface area contributed by atoms with Gasteiger partial charge >= 0.3 is 5.97 Å². The fourth-order valence-corrected chi connectivity index (χ4v) is 1.67. The van der Waals surface area contributed by atoms with E-state index in [4.69, 9.17) is 9.84 Å². The van der Waals surface area contributed by atoms with Crippen molar-refractivity contribution in [2.45, 2.75) is 6.92 Å². The van der Waals surface area contributed by atoms with Crippen LogP contribution in [0.25, 0.3) is 0 Å². The van der Waals surface area contributed by atoms with Crippen LogP contribution >= 0.6 is 22.6 Å². The van der Waals surface area contributed by atoms with Gasteiger partial charge in [0, 0.05) is 10.2 Å². The molecule has 5 nitrogen and oxygen atoms in total. The Labute approximate surface area is 112 Å². The second-order valence-electron chi connectivity index (χ2n) is 3.18. The molecule has 17 heavy (non-hydrogen) atoms. The molecule has 0 heterocycles. The number of nitrogens with one attached hydrogen (secondary N) is 1. The molecule has 6 heteroatoms. The minimum Gasteiger partial charge on any atom is -0.478 e. The highest BCUT2D eigenvalue weighted by Crippen LogP contribution is 2.18. The Balaban J connectivity index is 2.83. The molecular formula is C11H12INO4. The largest absolute Gasteiger partial charge is 0.478 e. The van der Waals surface area contributed by atoms with Gasteiger partial charge in [0.25, 0.3) is 0 Å². The van der Waals surface area contributed by atoms with Gasteiger partial charge in [-0.15, -0.1) is 0 Å². The summed E-state index contributed by atoms with van der Waals surface area (Å²) in [6, 6.07) is 4.79. The molecule has 0 aliphatic carbocycles. The average Bonchev–Trinajstić information content (AvgIpc) is 2.28. The van der Waals surface area contributed by atoms with Gasteiger partial charge in [0.2, 0.25) is 5.91 Å². The first-order chi connectivity index (χ1) is 8.04. The second kappa shape index (κ2) is 6.55. The van der Waals surface area contributed by atoms with Crippen LogP contribution in [0, 0.1) is 3.57 Å². The van der Waals surface area contributed by atoms with Gasteiger partial charge in [0.1, 0.15) is 6.61 Å². The van der Waals surface area contributed by atoms with E-state index in [-0.39, 0.29) is 23.8 Å². The third-order valence-electron chi connectivity index (χ3n) is 1.92. The van der Waals surface area contributed by atoms with Crippen molar-refractivity contribution in [1.82, 2.24) is 0 Å². The van der Waals surface area contributed by atoms with Crippen molar-refractivity contribution in [3.63, 3.8) is 0 Å². The normalized spacial score (nSPS) is 10.0. The van der Waals surface area contributed by atoms with E-state index in [9.17, 15) is 9.59 Å². The minimum absolute atomic E-state index is 0.0711. The van der Waals surface area contributed by atoms with Gasteiger partial charge in [-0.05, 0) is 47.7 Å². The molecule has 0 saturated carbocycles. The first-order valence-electron chi connectivity index (χ1n) is 4.95. The van der Waals surface area contributed by atoms with Gasteiger partial charge in [0.05, 0.1) is 11.3 Å². The average molecular weight is 349 g/mol. The van der Waals surface area contributed by atoms with Crippen molar-refractivity contribution >= 4 is 40.2 Å². The Kier molecular flexibility index (Phi) is 5.36. The van der Waals surface area contributed by atoms with Crippen molar-refractivity contribution in [2.24, 2.45) is 0 Å². The lowest BCUT2D eigenvalue weighted by atomic mass is 10.2. The lowest BCUT2D eigenvalue weighted by Crippen LogP contribution is -2.20. The van der Waals surface area contributed by atoms with Gasteiger partial charge in [-0.1, -0.05) is 0 Å².